The summed E-state index contributed by atoms with van der Waals surface area (Å²) in [5.74, 6) is 0.973. The van der Waals surface area contributed by atoms with E-state index in [1.54, 1.807) is 0 Å². The number of ether oxygens (including phenoxy) is 1. The Bertz CT molecular complexity index is 817. The Balaban J connectivity index is 1.33. The monoisotopic (exact) mass is 384 g/mol. The van der Waals surface area contributed by atoms with E-state index in [2.05, 4.69) is 49.3 Å². The molecule has 0 spiro atoms. The molecule has 3 heterocycles. The van der Waals surface area contributed by atoms with Gasteiger partial charge in [-0.3, -0.25) is 4.79 Å². The highest BCUT2D eigenvalue weighted by molar-refractivity contribution is 7.12. The summed E-state index contributed by atoms with van der Waals surface area (Å²) < 4.78 is 5.96. The Hall–Kier alpha value is -1.85. The van der Waals surface area contributed by atoms with Gasteiger partial charge in [0.05, 0.1) is 4.88 Å². The maximum absolute atomic E-state index is 12.7. The highest BCUT2D eigenvalue weighted by atomic mass is 32.1. The number of carbonyl (C=O) groups excluding carboxylic acids is 1. The van der Waals surface area contributed by atoms with Crippen LogP contribution in [0.25, 0.3) is 0 Å². The van der Waals surface area contributed by atoms with Gasteiger partial charge in [0, 0.05) is 23.7 Å². The second kappa shape index (κ2) is 7.64. The molecule has 2 aliphatic heterocycles. The van der Waals surface area contributed by atoms with E-state index in [0.717, 1.165) is 34.6 Å². The number of hydrogen-bond donors (Lipinski definition) is 1. The van der Waals surface area contributed by atoms with Crippen molar-refractivity contribution in [2.24, 2.45) is 0 Å². The van der Waals surface area contributed by atoms with Crippen molar-refractivity contribution < 1.29 is 9.53 Å². The Morgan fingerprint density at radius 3 is 2.70 bits per heavy atom. The maximum atomic E-state index is 12.7. The molecule has 2 fully saturated rings. The highest BCUT2D eigenvalue weighted by Gasteiger charge is 2.38. The van der Waals surface area contributed by atoms with Gasteiger partial charge in [0.2, 0.25) is 0 Å². The van der Waals surface area contributed by atoms with E-state index in [-0.39, 0.29) is 5.91 Å². The minimum Gasteiger partial charge on any atom is -0.489 e. The van der Waals surface area contributed by atoms with E-state index in [4.69, 9.17) is 4.74 Å². The van der Waals surface area contributed by atoms with E-state index in [9.17, 15) is 4.79 Å². The predicted molar refractivity (Wildman–Crippen MR) is 110 cm³/mol. The number of rotatable bonds is 5. The molecule has 0 saturated carbocycles. The van der Waals surface area contributed by atoms with Crippen LogP contribution in [0.3, 0.4) is 0 Å². The van der Waals surface area contributed by atoms with Crippen LogP contribution < -0.4 is 10.1 Å². The molecule has 0 aliphatic carbocycles. The van der Waals surface area contributed by atoms with Crippen LogP contribution in [-0.4, -0.2) is 36.0 Å². The third-order valence-electron chi connectivity index (χ3n) is 6.05. The van der Waals surface area contributed by atoms with Crippen molar-refractivity contribution in [3.8, 4) is 5.75 Å². The zero-order chi connectivity index (χ0) is 19.0. The largest absolute Gasteiger partial charge is 0.489 e. The Morgan fingerprint density at radius 1 is 1.22 bits per heavy atom. The molecule has 4 nitrogen and oxygen atoms in total. The van der Waals surface area contributed by atoms with Crippen LogP contribution in [0, 0.1) is 13.8 Å². The number of amides is 1. The van der Waals surface area contributed by atoms with Crippen LogP contribution >= 0.6 is 11.3 Å². The molecule has 2 aromatic rings. The number of piperidine rings is 1. The zero-order valence-electron chi connectivity index (χ0n) is 16.3. The summed E-state index contributed by atoms with van der Waals surface area (Å²) in [6.07, 6.45) is 4.69. The van der Waals surface area contributed by atoms with Gasteiger partial charge in [-0.05, 0) is 75.2 Å². The molecule has 1 aromatic carbocycles. The van der Waals surface area contributed by atoms with Gasteiger partial charge in [0.1, 0.15) is 12.4 Å². The van der Waals surface area contributed by atoms with E-state index >= 15 is 0 Å². The van der Waals surface area contributed by atoms with Crippen LogP contribution in [0.1, 0.15) is 52.0 Å². The standard InChI is InChI=1S/C22H28N2O2S/c1-14-4-5-15(2)20(8-14)26-12-16-9-21(27-13-16)22(25)23-17-10-18-6-7-19(11-17)24(18)3/h4-5,8-9,13,17-19H,6-7,10-12H2,1-3H3,(H,23,25). The molecular weight excluding hydrogens is 356 g/mol. The molecule has 4 rings (SSSR count). The predicted octanol–water partition coefficient (Wildman–Crippen LogP) is 4.30. The molecule has 0 radical (unpaired) electrons. The SMILES string of the molecule is Cc1ccc(C)c(OCc2csc(C(=O)NC3CC4CCC(C3)N4C)c2)c1. The first-order chi connectivity index (χ1) is 13.0. The molecule has 2 saturated heterocycles. The van der Waals surface area contributed by atoms with Crippen LogP contribution in [0.5, 0.6) is 5.75 Å². The number of nitrogens with one attached hydrogen (secondary N) is 1. The summed E-state index contributed by atoms with van der Waals surface area (Å²) in [6.45, 7) is 4.61. The van der Waals surface area contributed by atoms with Crippen molar-refractivity contribution in [3.05, 3.63) is 51.2 Å². The highest BCUT2D eigenvalue weighted by Crippen LogP contribution is 2.34. The van der Waals surface area contributed by atoms with Crippen molar-refractivity contribution >= 4 is 17.2 Å². The van der Waals surface area contributed by atoms with Crippen LogP contribution in [0.15, 0.2) is 29.6 Å². The van der Waals surface area contributed by atoms with Gasteiger partial charge < -0.3 is 15.0 Å². The molecule has 1 aromatic heterocycles. The normalized spacial score (nSPS) is 24.8. The number of benzene rings is 1. The fourth-order valence-corrected chi connectivity index (χ4v) is 5.18. The lowest BCUT2D eigenvalue weighted by molar-refractivity contribution is 0.0886. The summed E-state index contributed by atoms with van der Waals surface area (Å²) in [5, 5.41) is 5.29. The first kappa shape index (κ1) is 18.5. The average molecular weight is 385 g/mol. The minimum absolute atomic E-state index is 0.0620. The lowest BCUT2D eigenvalue weighted by Crippen LogP contribution is -2.48. The van der Waals surface area contributed by atoms with E-state index in [0.29, 0.717) is 24.7 Å². The number of nitrogens with zero attached hydrogens (tertiary/aromatic N) is 1. The van der Waals surface area contributed by atoms with Gasteiger partial charge in [-0.25, -0.2) is 0 Å². The van der Waals surface area contributed by atoms with Gasteiger partial charge in [-0.15, -0.1) is 11.3 Å². The smallest absolute Gasteiger partial charge is 0.261 e. The molecule has 2 aliphatic rings. The fourth-order valence-electron chi connectivity index (χ4n) is 4.38. The van der Waals surface area contributed by atoms with Crippen molar-refractivity contribution in [1.29, 1.82) is 0 Å². The zero-order valence-corrected chi connectivity index (χ0v) is 17.1. The first-order valence-corrected chi connectivity index (χ1v) is 10.7. The topological polar surface area (TPSA) is 41.6 Å². The van der Waals surface area contributed by atoms with Crippen LogP contribution in [0.2, 0.25) is 0 Å². The molecule has 2 unspecified atom stereocenters. The third-order valence-corrected chi connectivity index (χ3v) is 7.03. The Labute approximate surface area is 165 Å². The molecule has 27 heavy (non-hydrogen) atoms. The molecule has 1 N–H and O–H groups in total. The number of thiophene rings is 1. The summed E-state index contributed by atoms with van der Waals surface area (Å²) in [6, 6.07) is 9.77. The molecule has 2 bridgehead atoms. The van der Waals surface area contributed by atoms with Gasteiger partial charge in [-0.1, -0.05) is 12.1 Å². The molecule has 5 heteroatoms. The lowest BCUT2D eigenvalue weighted by atomic mass is 9.98. The number of carbonyl (C=O) groups is 1. The fraction of sp³-hybridized carbons (Fsp3) is 0.500. The number of fused-ring (bicyclic) bond motifs is 2. The Kier molecular flexibility index (Phi) is 5.24. The molecule has 1 amide bonds. The van der Waals surface area contributed by atoms with Gasteiger partial charge in [0.15, 0.2) is 0 Å². The average Bonchev–Trinajstić information content (AvgIpc) is 3.18. The van der Waals surface area contributed by atoms with E-state index < -0.39 is 0 Å². The summed E-state index contributed by atoms with van der Waals surface area (Å²) in [5.41, 5.74) is 3.37. The van der Waals surface area contributed by atoms with Gasteiger partial charge in [0.25, 0.3) is 5.91 Å². The lowest BCUT2D eigenvalue weighted by Gasteiger charge is -2.36. The quantitative estimate of drug-likeness (QED) is 0.836. The van der Waals surface area contributed by atoms with Gasteiger partial charge in [-0.2, -0.15) is 0 Å². The van der Waals surface area contributed by atoms with Crippen molar-refractivity contribution in [3.63, 3.8) is 0 Å². The molecular formula is C22H28N2O2S. The van der Waals surface area contributed by atoms with E-state index in [1.807, 2.05) is 11.4 Å². The third kappa shape index (κ3) is 4.04. The van der Waals surface area contributed by atoms with Crippen LogP contribution in [0.4, 0.5) is 0 Å². The minimum atomic E-state index is 0.0620. The summed E-state index contributed by atoms with van der Waals surface area (Å²) in [7, 11) is 2.22. The van der Waals surface area contributed by atoms with E-state index in [1.165, 1.54) is 29.7 Å². The summed E-state index contributed by atoms with van der Waals surface area (Å²) >= 11 is 1.50. The second-order valence-electron chi connectivity index (χ2n) is 8.07. The van der Waals surface area contributed by atoms with Crippen molar-refractivity contribution in [2.45, 2.75) is 64.3 Å². The Morgan fingerprint density at radius 2 is 1.96 bits per heavy atom. The first-order valence-electron chi connectivity index (χ1n) is 9.80. The maximum Gasteiger partial charge on any atom is 0.261 e. The van der Waals surface area contributed by atoms with Crippen LogP contribution in [-0.2, 0) is 6.61 Å². The molecule has 2 atom stereocenters. The molecule has 144 valence electrons. The number of hydrogen-bond acceptors (Lipinski definition) is 4. The number of aryl methyl sites for hydroxylation is 2. The van der Waals surface area contributed by atoms with Gasteiger partial charge >= 0.3 is 0 Å². The van der Waals surface area contributed by atoms with Crippen molar-refractivity contribution in [1.82, 2.24) is 10.2 Å². The van der Waals surface area contributed by atoms with Crippen molar-refractivity contribution in [2.75, 3.05) is 7.05 Å². The second-order valence-corrected chi connectivity index (χ2v) is 8.98. The summed E-state index contributed by atoms with van der Waals surface area (Å²) in [4.78, 5) is 15.9.